The van der Waals surface area contributed by atoms with Gasteiger partial charge in [0.1, 0.15) is 0 Å². The largest absolute Gasteiger partial charge is 0.417 e. The van der Waals surface area contributed by atoms with Gasteiger partial charge in [0.2, 0.25) is 5.88 Å². The highest BCUT2D eigenvalue weighted by molar-refractivity contribution is 9.10. The molecule has 194 valence electrons. The Hall–Kier alpha value is -3.04. The van der Waals surface area contributed by atoms with E-state index in [1.165, 1.54) is 0 Å². The highest BCUT2D eigenvalue weighted by Gasteiger charge is 2.36. The molecule has 1 amide bonds. The first-order chi connectivity index (χ1) is 17.7. The molecule has 1 saturated heterocycles. The van der Waals surface area contributed by atoms with Crippen molar-refractivity contribution in [3.63, 3.8) is 0 Å². The fourth-order valence-electron chi connectivity index (χ4n) is 4.87. The summed E-state index contributed by atoms with van der Waals surface area (Å²) in [6.45, 7) is 7.77. The zero-order valence-electron chi connectivity index (χ0n) is 21.4. The van der Waals surface area contributed by atoms with E-state index in [1.807, 2.05) is 43.9 Å². The van der Waals surface area contributed by atoms with Gasteiger partial charge in [0, 0.05) is 46.2 Å². The Labute approximate surface area is 225 Å². The monoisotopic (exact) mass is 565 g/mol. The first-order valence-corrected chi connectivity index (χ1v) is 13.6. The smallest absolute Gasteiger partial charge is 0.391 e. The molecule has 3 aromatic rings. The zero-order valence-corrected chi connectivity index (χ0v) is 23.0. The van der Waals surface area contributed by atoms with E-state index in [0.717, 1.165) is 54.1 Å². The quantitative estimate of drug-likeness (QED) is 0.349. The number of amides is 1. The Kier molecular flexibility index (Phi) is 7.18. The number of Topliss-reactive ketones (excluding diaryl/α,β-unsaturated/α-hetero) is 1. The molecule has 2 fully saturated rings. The number of piperidine rings is 1. The standard InChI is InChI=1S/C28H32BrN5O3/c1-28(2,3)34(20-5-4-12-30-15-20)27(36)37-24-11-9-19(14-32-24)33-25-21-13-18(29)8-10-23(21)31-16-22(25)26(35)17-6-7-17/h8-11,13-14,16-17,20,30H,4-7,12,15H2,1-3H3,(H,31,33). The lowest BCUT2D eigenvalue weighted by Crippen LogP contribution is -2.57. The maximum atomic E-state index is 13.2. The van der Waals surface area contributed by atoms with Crippen LogP contribution >= 0.6 is 15.9 Å². The number of carbonyl (C=O) groups is 2. The van der Waals surface area contributed by atoms with Gasteiger partial charge in [0.15, 0.2) is 5.78 Å². The number of nitrogens with zero attached hydrogens (tertiary/aromatic N) is 3. The fourth-order valence-corrected chi connectivity index (χ4v) is 5.23. The minimum absolute atomic E-state index is 0.0667. The Balaban J connectivity index is 1.37. The Morgan fingerprint density at radius 3 is 2.57 bits per heavy atom. The number of pyridine rings is 2. The lowest BCUT2D eigenvalue weighted by atomic mass is 9.99. The van der Waals surface area contributed by atoms with Crippen LogP contribution < -0.4 is 15.4 Å². The fraction of sp³-hybridized carbons (Fsp3) is 0.429. The Bertz CT molecular complexity index is 1310. The number of nitrogens with one attached hydrogen (secondary N) is 2. The third kappa shape index (κ3) is 5.78. The highest BCUT2D eigenvalue weighted by atomic mass is 79.9. The summed E-state index contributed by atoms with van der Waals surface area (Å²) in [5.74, 6) is 0.400. The molecule has 8 nitrogen and oxygen atoms in total. The molecule has 0 radical (unpaired) electrons. The topological polar surface area (TPSA) is 96.5 Å². The number of benzene rings is 1. The first kappa shape index (κ1) is 25.6. The van der Waals surface area contributed by atoms with Crippen LogP contribution in [0.25, 0.3) is 10.9 Å². The molecule has 1 aliphatic carbocycles. The molecule has 1 aromatic carbocycles. The first-order valence-electron chi connectivity index (χ1n) is 12.8. The Morgan fingerprint density at radius 2 is 1.92 bits per heavy atom. The predicted molar refractivity (Wildman–Crippen MR) is 148 cm³/mol. The number of anilines is 2. The van der Waals surface area contributed by atoms with E-state index < -0.39 is 6.09 Å². The van der Waals surface area contributed by atoms with E-state index in [0.29, 0.717) is 16.9 Å². The van der Waals surface area contributed by atoms with Crippen LogP contribution in [-0.4, -0.2) is 51.4 Å². The summed E-state index contributed by atoms with van der Waals surface area (Å²) in [5.41, 5.74) is 2.37. The number of aromatic nitrogens is 2. The molecule has 37 heavy (non-hydrogen) atoms. The van der Waals surface area contributed by atoms with Crippen LogP contribution in [0.5, 0.6) is 5.88 Å². The number of ketones is 1. The van der Waals surface area contributed by atoms with Gasteiger partial charge >= 0.3 is 6.09 Å². The summed E-state index contributed by atoms with van der Waals surface area (Å²) in [4.78, 5) is 36.9. The molecule has 2 N–H and O–H groups in total. The minimum Gasteiger partial charge on any atom is -0.391 e. The normalized spacial score (nSPS) is 17.9. The molecule has 2 aromatic heterocycles. The number of hydrogen-bond acceptors (Lipinski definition) is 7. The molecular formula is C28H32BrN5O3. The number of fused-ring (bicyclic) bond motifs is 1. The van der Waals surface area contributed by atoms with E-state index in [9.17, 15) is 9.59 Å². The van der Waals surface area contributed by atoms with Gasteiger partial charge in [-0.2, -0.15) is 0 Å². The van der Waals surface area contributed by atoms with Crippen molar-refractivity contribution in [3.05, 3.63) is 52.8 Å². The van der Waals surface area contributed by atoms with Crippen LogP contribution in [-0.2, 0) is 0 Å². The molecular weight excluding hydrogens is 534 g/mol. The number of carbonyl (C=O) groups excluding carboxylic acids is 2. The predicted octanol–water partition coefficient (Wildman–Crippen LogP) is 6.08. The Morgan fingerprint density at radius 1 is 1.11 bits per heavy atom. The van der Waals surface area contributed by atoms with E-state index >= 15 is 0 Å². The second-order valence-electron chi connectivity index (χ2n) is 10.8. The van der Waals surface area contributed by atoms with Crippen LogP contribution in [0.2, 0.25) is 0 Å². The van der Waals surface area contributed by atoms with Crippen molar-refractivity contribution >= 4 is 50.1 Å². The van der Waals surface area contributed by atoms with Crippen LogP contribution in [0.1, 0.15) is 56.8 Å². The van der Waals surface area contributed by atoms with Gasteiger partial charge < -0.3 is 15.4 Å². The molecule has 3 heterocycles. The van der Waals surface area contributed by atoms with E-state index in [2.05, 4.69) is 36.5 Å². The second-order valence-corrected chi connectivity index (χ2v) is 11.7. The van der Waals surface area contributed by atoms with Crippen molar-refractivity contribution in [2.75, 3.05) is 18.4 Å². The lowest BCUT2D eigenvalue weighted by molar-refractivity contribution is 0.0655. The average Bonchev–Trinajstić information content (AvgIpc) is 3.71. The summed E-state index contributed by atoms with van der Waals surface area (Å²) in [5, 5.41) is 7.60. The average molecular weight is 566 g/mol. The van der Waals surface area contributed by atoms with Crippen molar-refractivity contribution in [1.82, 2.24) is 20.2 Å². The summed E-state index contributed by atoms with van der Waals surface area (Å²) in [6, 6.07) is 9.34. The van der Waals surface area contributed by atoms with E-state index in [4.69, 9.17) is 4.74 Å². The van der Waals surface area contributed by atoms with Gasteiger partial charge in [-0.15, -0.1) is 0 Å². The van der Waals surface area contributed by atoms with Crippen LogP contribution in [0.15, 0.2) is 47.2 Å². The van der Waals surface area contributed by atoms with Gasteiger partial charge in [-0.3, -0.25) is 14.7 Å². The molecule has 0 bridgehead atoms. The summed E-state index contributed by atoms with van der Waals surface area (Å²) >= 11 is 3.53. The molecule has 1 aliphatic heterocycles. The number of rotatable bonds is 6. The SMILES string of the molecule is CC(C)(C)N(C(=O)Oc1ccc(Nc2c(C(=O)C3CC3)cnc3ccc(Br)cc23)cn1)C1CCCNC1. The van der Waals surface area contributed by atoms with Gasteiger partial charge in [0.25, 0.3) is 0 Å². The maximum Gasteiger partial charge on any atom is 0.417 e. The van der Waals surface area contributed by atoms with Crippen LogP contribution in [0, 0.1) is 5.92 Å². The summed E-state index contributed by atoms with van der Waals surface area (Å²) in [6.07, 6.45) is 6.66. The number of ether oxygens (including phenoxy) is 1. The van der Waals surface area contributed by atoms with E-state index in [-0.39, 0.29) is 29.2 Å². The highest BCUT2D eigenvalue weighted by Crippen LogP contribution is 2.38. The molecule has 9 heteroatoms. The maximum absolute atomic E-state index is 13.2. The number of halogens is 1. The zero-order chi connectivity index (χ0) is 26.2. The van der Waals surface area contributed by atoms with Crippen molar-refractivity contribution < 1.29 is 14.3 Å². The molecule has 2 aliphatic rings. The van der Waals surface area contributed by atoms with Gasteiger partial charge in [-0.1, -0.05) is 15.9 Å². The van der Waals surface area contributed by atoms with Crippen molar-refractivity contribution in [3.8, 4) is 5.88 Å². The summed E-state index contributed by atoms with van der Waals surface area (Å²) < 4.78 is 6.60. The second kappa shape index (κ2) is 10.4. The minimum atomic E-state index is -0.406. The summed E-state index contributed by atoms with van der Waals surface area (Å²) in [7, 11) is 0. The van der Waals surface area contributed by atoms with Gasteiger partial charge in [0.05, 0.1) is 28.7 Å². The molecule has 0 spiro atoms. The van der Waals surface area contributed by atoms with Crippen LogP contribution in [0.3, 0.4) is 0 Å². The van der Waals surface area contributed by atoms with Crippen LogP contribution in [0.4, 0.5) is 16.2 Å². The molecule has 1 unspecified atom stereocenters. The van der Waals surface area contributed by atoms with Crippen molar-refractivity contribution in [2.24, 2.45) is 5.92 Å². The third-order valence-electron chi connectivity index (χ3n) is 6.80. The van der Waals surface area contributed by atoms with Crippen molar-refractivity contribution in [1.29, 1.82) is 0 Å². The van der Waals surface area contributed by atoms with E-state index in [1.54, 1.807) is 24.5 Å². The molecule has 5 rings (SSSR count). The molecule has 1 saturated carbocycles. The third-order valence-corrected chi connectivity index (χ3v) is 7.29. The molecule has 1 atom stereocenters. The van der Waals surface area contributed by atoms with Gasteiger partial charge in [-0.05, 0) is 77.3 Å². The van der Waals surface area contributed by atoms with Gasteiger partial charge in [-0.25, -0.2) is 9.78 Å². The lowest BCUT2D eigenvalue weighted by Gasteiger charge is -2.42. The van der Waals surface area contributed by atoms with Crippen molar-refractivity contribution in [2.45, 2.75) is 58.0 Å². The number of hydrogen-bond donors (Lipinski definition) is 2.